The van der Waals surface area contributed by atoms with Gasteiger partial charge in [0.25, 0.3) is 0 Å². The van der Waals surface area contributed by atoms with Crippen molar-refractivity contribution in [3.8, 4) is 11.5 Å². The van der Waals surface area contributed by atoms with E-state index in [9.17, 15) is 9.90 Å². The van der Waals surface area contributed by atoms with Crippen molar-refractivity contribution < 1.29 is 14.6 Å². The molecule has 2 aliphatic rings. The van der Waals surface area contributed by atoms with Crippen molar-refractivity contribution in [3.05, 3.63) is 59.7 Å². The highest BCUT2D eigenvalue weighted by Crippen LogP contribution is 2.36. The summed E-state index contributed by atoms with van der Waals surface area (Å²) >= 11 is 0. The van der Waals surface area contributed by atoms with Crippen molar-refractivity contribution in [2.45, 2.75) is 37.9 Å². The molecule has 1 spiro atoms. The fourth-order valence-electron chi connectivity index (χ4n) is 4.28. The zero-order valence-corrected chi connectivity index (χ0v) is 16.9. The largest absolute Gasteiger partial charge is 0.507 e. The Hall–Kier alpha value is -2.86. The SMILES string of the molecule is COc1ccc([C@@H]2CC(c3ccccc3O)=NC3(CCN(C(C)=O)CC3)N2)cc1. The highest BCUT2D eigenvalue weighted by molar-refractivity contribution is 6.03. The number of aliphatic imine (C=N–C) groups is 1. The third-order valence-electron chi connectivity index (χ3n) is 5.96. The second kappa shape index (κ2) is 7.87. The van der Waals surface area contributed by atoms with E-state index in [1.807, 2.05) is 35.2 Å². The smallest absolute Gasteiger partial charge is 0.219 e. The minimum atomic E-state index is -0.438. The first-order valence-corrected chi connectivity index (χ1v) is 10.0. The van der Waals surface area contributed by atoms with Crippen molar-refractivity contribution in [2.75, 3.05) is 20.2 Å². The number of amides is 1. The molecule has 0 unspecified atom stereocenters. The van der Waals surface area contributed by atoms with Gasteiger partial charge in [-0.05, 0) is 29.8 Å². The molecule has 2 N–H and O–H groups in total. The van der Waals surface area contributed by atoms with Crippen LogP contribution in [0.2, 0.25) is 0 Å². The number of hydrogen-bond acceptors (Lipinski definition) is 5. The van der Waals surface area contributed by atoms with E-state index in [0.29, 0.717) is 19.5 Å². The Kier molecular flexibility index (Phi) is 5.28. The molecule has 0 saturated carbocycles. The molecular formula is C23H27N3O3. The Balaban J connectivity index is 1.69. The van der Waals surface area contributed by atoms with Gasteiger partial charge in [0.15, 0.2) is 0 Å². The molecular weight excluding hydrogens is 366 g/mol. The quantitative estimate of drug-likeness (QED) is 0.839. The fraction of sp³-hybridized carbons (Fsp3) is 0.391. The van der Waals surface area contributed by atoms with Gasteiger partial charge in [0.2, 0.25) is 5.91 Å². The van der Waals surface area contributed by atoms with E-state index in [1.165, 1.54) is 0 Å². The van der Waals surface area contributed by atoms with Gasteiger partial charge in [-0.1, -0.05) is 24.3 Å². The summed E-state index contributed by atoms with van der Waals surface area (Å²) < 4.78 is 5.29. The third kappa shape index (κ3) is 3.98. The van der Waals surface area contributed by atoms with Crippen LogP contribution in [0.1, 0.15) is 43.4 Å². The maximum atomic E-state index is 11.8. The highest BCUT2D eigenvalue weighted by atomic mass is 16.5. The van der Waals surface area contributed by atoms with Crippen LogP contribution >= 0.6 is 0 Å². The average Bonchev–Trinajstić information content (AvgIpc) is 2.74. The Morgan fingerprint density at radius 1 is 1.17 bits per heavy atom. The lowest BCUT2D eigenvalue weighted by molar-refractivity contribution is -0.130. The number of carbonyl (C=O) groups excluding carboxylic acids is 1. The van der Waals surface area contributed by atoms with Crippen molar-refractivity contribution in [2.24, 2.45) is 4.99 Å². The lowest BCUT2D eigenvalue weighted by Crippen LogP contribution is -2.56. The molecule has 0 bridgehead atoms. The molecule has 0 aromatic heterocycles. The van der Waals surface area contributed by atoms with E-state index in [0.717, 1.165) is 35.4 Å². The molecule has 2 heterocycles. The van der Waals surface area contributed by atoms with Crippen molar-refractivity contribution in [3.63, 3.8) is 0 Å². The zero-order valence-electron chi connectivity index (χ0n) is 16.9. The molecule has 0 radical (unpaired) electrons. The van der Waals surface area contributed by atoms with Gasteiger partial charge in [0, 0.05) is 56.6 Å². The molecule has 1 amide bonds. The number of carbonyl (C=O) groups is 1. The van der Waals surface area contributed by atoms with Gasteiger partial charge < -0.3 is 14.7 Å². The summed E-state index contributed by atoms with van der Waals surface area (Å²) in [4.78, 5) is 18.7. The summed E-state index contributed by atoms with van der Waals surface area (Å²) in [6.45, 7) is 2.97. The normalized spacial score (nSPS) is 21.0. The summed E-state index contributed by atoms with van der Waals surface area (Å²) in [7, 11) is 1.66. The lowest BCUT2D eigenvalue weighted by atomic mass is 9.87. The number of aromatic hydroxyl groups is 1. The molecule has 2 aromatic carbocycles. The van der Waals surface area contributed by atoms with Crippen LogP contribution in [0.15, 0.2) is 53.5 Å². The molecule has 6 nitrogen and oxygen atoms in total. The van der Waals surface area contributed by atoms with E-state index < -0.39 is 5.66 Å². The van der Waals surface area contributed by atoms with Gasteiger partial charge in [0.05, 0.1) is 7.11 Å². The number of phenolic OH excluding ortho intramolecular Hbond substituents is 1. The van der Waals surface area contributed by atoms with Crippen LogP contribution in [-0.4, -0.2) is 47.5 Å². The van der Waals surface area contributed by atoms with E-state index in [2.05, 4.69) is 17.4 Å². The Morgan fingerprint density at radius 3 is 2.48 bits per heavy atom. The molecule has 0 aliphatic carbocycles. The second-order valence-electron chi connectivity index (χ2n) is 7.79. The van der Waals surface area contributed by atoms with Gasteiger partial charge in [-0.2, -0.15) is 0 Å². The minimum absolute atomic E-state index is 0.0666. The average molecular weight is 393 g/mol. The topological polar surface area (TPSA) is 74.2 Å². The number of nitrogens with one attached hydrogen (secondary N) is 1. The van der Waals surface area contributed by atoms with Gasteiger partial charge >= 0.3 is 0 Å². The maximum Gasteiger partial charge on any atom is 0.219 e. The van der Waals surface area contributed by atoms with Crippen LogP contribution in [0.3, 0.4) is 0 Å². The molecule has 4 rings (SSSR count). The van der Waals surface area contributed by atoms with Crippen LogP contribution in [0.5, 0.6) is 11.5 Å². The Labute approximate surface area is 171 Å². The van der Waals surface area contributed by atoms with E-state index in [4.69, 9.17) is 9.73 Å². The highest BCUT2D eigenvalue weighted by Gasteiger charge is 2.40. The summed E-state index contributed by atoms with van der Waals surface area (Å²) in [5.41, 5.74) is 2.40. The Morgan fingerprint density at radius 2 is 1.86 bits per heavy atom. The number of piperidine rings is 1. The van der Waals surface area contributed by atoms with Crippen LogP contribution in [-0.2, 0) is 4.79 Å². The summed E-state index contributed by atoms with van der Waals surface area (Å²) in [6.07, 6.45) is 2.18. The van der Waals surface area contributed by atoms with Gasteiger partial charge in [-0.15, -0.1) is 0 Å². The number of hydrogen-bond donors (Lipinski definition) is 2. The maximum absolute atomic E-state index is 11.8. The number of phenols is 1. The molecule has 1 saturated heterocycles. The van der Waals surface area contributed by atoms with Crippen LogP contribution < -0.4 is 10.1 Å². The van der Waals surface area contributed by atoms with Crippen molar-refractivity contribution >= 4 is 11.6 Å². The predicted molar refractivity (Wildman–Crippen MR) is 112 cm³/mol. The molecule has 29 heavy (non-hydrogen) atoms. The first kappa shape index (κ1) is 19.5. The standard InChI is InChI=1S/C23H27N3O3/c1-16(27)26-13-11-23(12-14-26)24-20(17-7-9-18(29-2)10-8-17)15-21(25-23)19-5-3-4-6-22(19)28/h3-10,20,24,28H,11-15H2,1-2H3/t20-/m0/s1. The molecule has 2 aromatic rings. The van der Waals surface area contributed by atoms with Gasteiger partial charge in [-0.3, -0.25) is 15.1 Å². The van der Waals surface area contributed by atoms with Crippen molar-refractivity contribution in [1.82, 2.24) is 10.2 Å². The number of para-hydroxylation sites is 1. The first-order chi connectivity index (χ1) is 14.0. The lowest BCUT2D eigenvalue weighted by Gasteiger charge is -2.45. The van der Waals surface area contributed by atoms with E-state index in [1.54, 1.807) is 20.1 Å². The van der Waals surface area contributed by atoms with Crippen LogP contribution in [0, 0.1) is 0 Å². The number of rotatable bonds is 3. The number of methoxy groups -OCH3 is 1. The third-order valence-corrected chi connectivity index (χ3v) is 5.96. The minimum Gasteiger partial charge on any atom is -0.507 e. The van der Waals surface area contributed by atoms with Gasteiger partial charge in [-0.25, -0.2) is 0 Å². The first-order valence-electron chi connectivity index (χ1n) is 10.0. The number of nitrogens with zero attached hydrogens (tertiary/aromatic N) is 2. The number of ether oxygens (including phenoxy) is 1. The summed E-state index contributed by atoms with van der Waals surface area (Å²) in [5.74, 6) is 1.17. The molecule has 152 valence electrons. The number of likely N-dealkylation sites (tertiary alicyclic amines) is 1. The molecule has 1 fully saturated rings. The van der Waals surface area contributed by atoms with Gasteiger partial charge in [0.1, 0.15) is 17.2 Å². The summed E-state index contributed by atoms with van der Waals surface area (Å²) in [5, 5.41) is 14.2. The van der Waals surface area contributed by atoms with Crippen LogP contribution in [0.4, 0.5) is 0 Å². The molecule has 2 aliphatic heterocycles. The van der Waals surface area contributed by atoms with Crippen molar-refractivity contribution in [1.29, 1.82) is 0 Å². The Bertz CT molecular complexity index is 915. The number of benzene rings is 2. The zero-order chi connectivity index (χ0) is 20.4. The van der Waals surface area contributed by atoms with Crippen LogP contribution in [0.25, 0.3) is 0 Å². The second-order valence-corrected chi connectivity index (χ2v) is 7.79. The molecule has 6 heteroatoms. The fourth-order valence-corrected chi connectivity index (χ4v) is 4.28. The monoisotopic (exact) mass is 393 g/mol. The summed E-state index contributed by atoms with van der Waals surface area (Å²) in [6, 6.07) is 15.5. The molecule has 1 atom stereocenters. The predicted octanol–water partition coefficient (Wildman–Crippen LogP) is 3.26. The van der Waals surface area contributed by atoms with E-state index >= 15 is 0 Å². The van der Waals surface area contributed by atoms with E-state index in [-0.39, 0.29) is 17.7 Å².